The molecule has 0 radical (unpaired) electrons. The van der Waals surface area contributed by atoms with Crippen LogP contribution >= 0.6 is 15.9 Å². The van der Waals surface area contributed by atoms with Crippen LogP contribution in [-0.4, -0.2) is 36.0 Å². The molecule has 3 amide bonds. The van der Waals surface area contributed by atoms with Gasteiger partial charge in [0.1, 0.15) is 6.04 Å². The lowest BCUT2D eigenvalue weighted by Crippen LogP contribution is -2.92. The van der Waals surface area contributed by atoms with Gasteiger partial charge in [0.2, 0.25) is 0 Å². The van der Waals surface area contributed by atoms with Crippen LogP contribution < -0.4 is 10.6 Å². The number of nitrogens with two attached hydrogens (primary N) is 1. The second kappa shape index (κ2) is 7.04. The number of hydrogen-bond acceptors (Lipinski definition) is 2. The van der Waals surface area contributed by atoms with Gasteiger partial charge in [0.05, 0.1) is 0 Å². The molecule has 1 aliphatic heterocycles. The molecule has 21 heavy (non-hydrogen) atoms. The number of hydrogen-bond donors (Lipinski definition) is 2. The number of carbonyl (C=O) groups is 2. The van der Waals surface area contributed by atoms with E-state index in [0.717, 1.165) is 10.9 Å². The van der Waals surface area contributed by atoms with E-state index in [1.807, 2.05) is 24.4 Å². The van der Waals surface area contributed by atoms with Gasteiger partial charge in [-0.15, -0.1) is 0 Å². The van der Waals surface area contributed by atoms with E-state index in [9.17, 15) is 9.59 Å². The number of quaternary nitrogens is 1. The molecule has 1 fully saturated rings. The highest BCUT2D eigenvalue weighted by Crippen LogP contribution is 2.16. The quantitative estimate of drug-likeness (QED) is 0.839. The Morgan fingerprint density at radius 2 is 2.10 bits per heavy atom. The predicted octanol–water partition coefficient (Wildman–Crippen LogP) is 1.40. The first kappa shape index (κ1) is 16.0. The van der Waals surface area contributed by atoms with Crippen LogP contribution in [0.1, 0.15) is 31.9 Å². The van der Waals surface area contributed by atoms with Crippen LogP contribution in [0.4, 0.5) is 4.79 Å². The van der Waals surface area contributed by atoms with Gasteiger partial charge in [-0.2, -0.15) is 0 Å². The van der Waals surface area contributed by atoms with Gasteiger partial charge in [0.25, 0.3) is 5.91 Å². The van der Waals surface area contributed by atoms with Gasteiger partial charge in [-0.3, -0.25) is 9.69 Å². The first-order valence-electron chi connectivity index (χ1n) is 7.22. The summed E-state index contributed by atoms with van der Waals surface area (Å²) in [5, 5.41) is 4.70. The van der Waals surface area contributed by atoms with Crippen LogP contribution in [0.15, 0.2) is 28.7 Å². The van der Waals surface area contributed by atoms with E-state index >= 15 is 0 Å². The van der Waals surface area contributed by atoms with Crippen LogP contribution in [0.5, 0.6) is 0 Å². The maximum Gasteiger partial charge on any atom is 0.324 e. The van der Waals surface area contributed by atoms with E-state index in [0.29, 0.717) is 13.1 Å². The Bertz CT molecular complexity index is 518. The Balaban J connectivity index is 2.02. The second-order valence-corrected chi connectivity index (χ2v) is 6.18. The molecule has 1 aromatic carbocycles. The molecule has 1 aromatic rings. The minimum absolute atomic E-state index is 0.124. The minimum Gasteiger partial charge on any atom is -0.336 e. The highest BCUT2D eigenvalue weighted by molar-refractivity contribution is 9.10. The van der Waals surface area contributed by atoms with E-state index < -0.39 is 0 Å². The molecule has 0 bridgehead atoms. The summed E-state index contributed by atoms with van der Waals surface area (Å²) in [7, 11) is 0. The average molecular weight is 355 g/mol. The van der Waals surface area contributed by atoms with Gasteiger partial charge in [-0.05, 0) is 19.1 Å². The Hall–Kier alpha value is -1.40. The zero-order valence-electron chi connectivity index (χ0n) is 12.3. The van der Waals surface area contributed by atoms with Crippen molar-refractivity contribution in [2.45, 2.75) is 32.4 Å². The zero-order chi connectivity index (χ0) is 15.4. The Labute approximate surface area is 133 Å². The van der Waals surface area contributed by atoms with Crippen molar-refractivity contribution in [3.8, 4) is 0 Å². The molecule has 5 nitrogen and oxygen atoms in total. The first-order valence-corrected chi connectivity index (χ1v) is 8.02. The second-order valence-electron chi connectivity index (χ2n) is 5.27. The van der Waals surface area contributed by atoms with Gasteiger partial charge >= 0.3 is 6.03 Å². The summed E-state index contributed by atoms with van der Waals surface area (Å²) < 4.78 is 1.04. The molecular weight excluding hydrogens is 334 g/mol. The van der Waals surface area contributed by atoms with Gasteiger partial charge in [-0.1, -0.05) is 35.0 Å². The van der Waals surface area contributed by atoms with E-state index in [-0.39, 0.29) is 24.0 Å². The number of benzene rings is 1. The van der Waals surface area contributed by atoms with Crippen molar-refractivity contribution < 1.29 is 14.9 Å². The van der Waals surface area contributed by atoms with Crippen LogP contribution in [0, 0.1) is 0 Å². The molecule has 0 aliphatic carbocycles. The van der Waals surface area contributed by atoms with E-state index in [1.165, 1.54) is 10.5 Å². The van der Waals surface area contributed by atoms with Crippen LogP contribution in [0.25, 0.3) is 0 Å². The lowest BCUT2D eigenvalue weighted by molar-refractivity contribution is -0.714. The number of imide groups is 1. The molecule has 0 unspecified atom stereocenters. The number of halogens is 1. The number of amides is 3. The van der Waals surface area contributed by atoms with Crippen molar-refractivity contribution in [2.24, 2.45) is 0 Å². The molecule has 3 N–H and O–H groups in total. The molecule has 2 rings (SSSR count). The Morgan fingerprint density at radius 1 is 1.43 bits per heavy atom. The van der Waals surface area contributed by atoms with Crippen molar-refractivity contribution in [1.82, 2.24) is 10.2 Å². The monoisotopic (exact) mass is 354 g/mol. The molecule has 114 valence electrons. The van der Waals surface area contributed by atoms with Gasteiger partial charge < -0.3 is 10.6 Å². The highest BCUT2D eigenvalue weighted by Gasteiger charge is 2.32. The Kier molecular flexibility index (Phi) is 5.36. The standard InChI is InChI=1S/C15H20BrN3O2/c1-3-13(11-4-6-12(16)7-5-11)18-10(2)14(20)19-9-8-17-15(19)21/h4-7,10,13,18H,3,8-9H2,1-2H3,(H,17,21)/p+1/t10-,13+/m1/s1. The summed E-state index contributed by atoms with van der Waals surface area (Å²) in [6.45, 7) is 4.96. The number of urea groups is 1. The van der Waals surface area contributed by atoms with Crippen LogP contribution in [0.2, 0.25) is 0 Å². The Morgan fingerprint density at radius 3 is 2.62 bits per heavy atom. The molecule has 1 heterocycles. The zero-order valence-corrected chi connectivity index (χ0v) is 13.9. The van der Waals surface area contributed by atoms with Gasteiger partial charge in [-0.25, -0.2) is 4.79 Å². The molecule has 0 saturated carbocycles. The summed E-state index contributed by atoms with van der Waals surface area (Å²) in [5.41, 5.74) is 1.19. The van der Waals surface area contributed by atoms with Gasteiger partial charge in [0, 0.05) is 29.5 Å². The number of carbonyl (C=O) groups excluding carboxylic acids is 2. The summed E-state index contributed by atoms with van der Waals surface area (Å²) in [4.78, 5) is 25.2. The van der Waals surface area contributed by atoms with E-state index in [4.69, 9.17) is 0 Å². The van der Waals surface area contributed by atoms with Crippen LogP contribution in [0.3, 0.4) is 0 Å². The highest BCUT2D eigenvalue weighted by atomic mass is 79.9. The number of rotatable bonds is 5. The maximum absolute atomic E-state index is 12.3. The van der Waals surface area contributed by atoms with E-state index in [1.54, 1.807) is 0 Å². The van der Waals surface area contributed by atoms with Crippen molar-refractivity contribution in [2.75, 3.05) is 13.1 Å². The van der Waals surface area contributed by atoms with Crippen molar-refractivity contribution >= 4 is 27.9 Å². The summed E-state index contributed by atoms with van der Waals surface area (Å²) >= 11 is 3.43. The molecule has 2 atom stereocenters. The summed E-state index contributed by atoms with van der Waals surface area (Å²) in [5.74, 6) is -0.124. The third-order valence-electron chi connectivity index (χ3n) is 3.77. The maximum atomic E-state index is 12.3. The lowest BCUT2D eigenvalue weighted by Gasteiger charge is -2.21. The fourth-order valence-corrected chi connectivity index (χ4v) is 2.82. The molecular formula is C15H21BrN3O2+. The lowest BCUT2D eigenvalue weighted by atomic mass is 10.0. The third-order valence-corrected chi connectivity index (χ3v) is 4.30. The smallest absolute Gasteiger partial charge is 0.324 e. The van der Waals surface area contributed by atoms with Gasteiger partial charge in [0.15, 0.2) is 6.04 Å². The fourth-order valence-electron chi connectivity index (χ4n) is 2.55. The third kappa shape index (κ3) is 3.83. The summed E-state index contributed by atoms with van der Waals surface area (Å²) in [6, 6.07) is 7.80. The molecule has 1 aliphatic rings. The summed E-state index contributed by atoms with van der Waals surface area (Å²) in [6.07, 6.45) is 0.922. The van der Waals surface area contributed by atoms with E-state index in [2.05, 4.69) is 40.3 Å². The molecule has 0 aromatic heterocycles. The molecule has 6 heteroatoms. The number of nitrogens with zero attached hydrogens (tertiary/aromatic N) is 1. The average Bonchev–Trinajstić information content (AvgIpc) is 2.91. The van der Waals surface area contributed by atoms with Crippen molar-refractivity contribution in [3.05, 3.63) is 34.3 Å². The SMILES string of the molecule is CC[C@H]([NH2+][C@H](C)C(=O)N1CCNC1=O)c1ccc(Br)cc1. The van der Waals surface area contributed by atoms with Crippen molar-refractivity contribution in [3.63, 3.8) is 0 Å². The number of nitrogens with one attached hydrogen (secondary N) is 1. The molecule has 1 saturated heterocycles. The predicted molar refractivity (Wildman–Crippen MR) is 83.7 cm³/mol. The van der Waals surface area contributed by atoms with Crippen molar-refractivity contribution in [1.29, 1.82) is 0 Å². The van der Waals surface area contributed by atoms with Crippen LogP contribution in [-0.2, 0) is 4.79 Å². The minimum atomic E-state index is -0.281. The first-order chi connectivity index (χ1) is 10.0. The fraction of sp³-hybridized carbons (Fsp3) is 0.467. The largest absolute Gasteiger partial charge is 0.336 e. The normalized spacial score (nSPS) is 17.5. The topological polar surface area (TPSA) is 66.0 Å². The molecule has 0 spiro atoms.